The second-order valence-electron chi connectivity index (χ2n) is 7.15. The fraction of sp³-hybridized carbons (Fsp3) is 0.333. The second kappa shape index (κ2) is 8.68. The maximum absolute atomic E-state index is 14.4. The number of hydrogen-bond donors (Lipinski definition) is 0. The molecule has 0 nitrogen and oxygen atoms in total. The number of benzene rings is 2. The minimum absolute atomic E-state index is 0.213. The molecule has 1 atom stereocenters. The van der Waals surface area contributed by atoms with E-state index in [1.807, 2.05) is 25.1 Å². The van der Waals surface area contributed by atoms with Crippen molar-refractivity contribution in [2.24, 2.45) is 5.92 Å². The summed E-state index contributed by atoms with van der Waals surface area (Å²) < 4.78 is 14.4. The summed E-state index contributed by atoms with van der Waals surface area (Å²) in [5.41, 5.74) is 4.86. The molecule has 0 N–H and O–H groups in total. The molecule has 0 saturated carbocycles. The lowest BCUT2D eigenvalue weighted by molar-refractivity contribution is 0.454. The summed E-state index contributed by atoms with van der Waals surface area (Å²) in [5.74, 6) is 0.471. The minimum Gasteiger partial charge on any atom is -0.205 e. The Kier molecular flexibility index (Phi) is 6.32. The Balaban J connectivity index is 1.72. The van der Waals surface area contributed by atoms with E-state index in [2.05, 4.69) is 37.3 Å². The number of aryl methyl sites for hydroxylation is 1. The first kappa shape index (κ1) is 18.9. The zero-order valence-electron chi connectivity index (χ0n) is 15.6. The lowest BCUT2D eigenvalue weighted by atomic mass is 9.84. The van der Waals surface area contributed by atoms with Crippen molar-refractivity contribution >= 4 is 17.2 Å². The van der Waals surface area contributed by atoms with Gasteiger partial charge in [-0.25, -0.2) is 4.39 Å². The van der Waals surface area contributed by atoms with Crippen LogP contribution >= 0.6 is 11.6 Å². The third kappa shape index (κ3) is 4.27. The number of rotatable bonds is 5. The number of allylic oxidation sites excluding steroid dienone is 4. The Morgan fingerprint density at radius 1 is 1.12 bits per heavy atom. The largest absolute Gasteiger partial charge is 0.205 e. The van der Waals surface area contributed by atoms with Crippen LogP contribution in [0.4, 0.5) is 4.39 Å². The zero-order valence-corrected chi connectivity index (χ0v) is 16.3. The molecule has 0 spiro atoms. The Labute approximate surface area is 161 Å². The van der Waals surface area contributed by atoms with Gasteiger partial charge in [0.25, 0.3) is 0 Å². The van der Waals surface area contributed by atoms with Gasteiger partial charge in [-0.3, -0.25) is 0 Å². The van der Waals surface area contributed by atoms with E-state index in [9.17, 15) is 4.39 Å². The molecule has 0 amide bonds. The lowest BCUT2D eigenvalue weighted by Gasteiger charge is -2.22. The molecule has 0 radical (unpaired) electrons. The van der Waals surface area contributed by atoms with Crippen molar-refractivity contribution in [3.63, 3.8) is 0 Å². The molecular weight excluding hydrogens is 343 g/mol. The van der Waals surface area contributed by atoms with Gasteiger partial charge < -0.3 is 0 Å². The minimum atomic E-state index is -0.333. The molecule has 1 aliphatic carbocycles. The molecule has 0 fully saturated rings. The topological polar surface area (TPSA) is 0 Å². The van der Waals surface area contributed by atoms with Gasteiger partial charge in [0.1, 0.15) is 5.82 Å². The first-order valence-corrected chi connectivity index (χ1v) is 9.83. The van der Waals surface area contributed by atoms with Crippen molar-refractivity contribution in [1.82, 2.24) is 0 Å². The molecule has 1 unspecified atom stereocenters. The summed E-state index contributed by atoms with van der Waals surface area (Å²) in [6.45, 7) is 3.90. The maximum atomic E-state index is 14.4. The van der Waals surface area contributed by atoms with Crippen LogP contribution in [0.2, 0.25) is 5.02 Å². The molecule has 2 aromatic rings. The van der Waals surface area contributed by atoms with Gasteiger partial charge in [-0.15, -0.1) is 0 Å². The van der Waals surface area contributed by atoms with Gasteiger partial charge in [-0.1, -0.05) is 66.2 Å². The third-order valence-corrected chi connectivity index (χ3v) is 5.80. The predicted molar refractivity (Wildman–Crippen MR) is 111 cm³/mol. The SMILES string of the molecule is C/C=C/CCC1CC=C(c2ccc(-c3ccc(C)c(Cl)c3F)cc2)CC1. The highest BCUT2D eigenvalue weighted by Gasteiger charge is 2.16. The third-order valence-electron chi connectivity index (χ3n) is 5.34. The molecule has 0 aromatic heterocycles. The highest BCUT2D eigenvalue weighted by atomic mass is 35.5. The standard InChI is InChI=1S/C24H26ClF/c1-3-4-5-6-18-8-10-19(11-9-18)20-12-14-21(15-13-20)22-16-7-17(2)23(25)24(22)26/h3-4,7,10,12-16,18H,5-6,8-9,11H2,1-2H3/b4-3+. The van der Waals surface area contributed by atoms with Crippen LogP contribution in [-0.2, 0) is 0 Å². The first-order chi connectivity index (χ1) is 12.6. The van der Waals surface area contributed by atoms with E-state index in [-0.39, 0.29) is 10.8 Å². The van der Waals surface area contributed by atoms with Crippen LogP contribution in [-0.4, -0.2) is 0 Å². The molecule has 0 saturated heterocycles. The fourth-order valence-electron chi connectivity index (χ4n) is 3.64. The number of hydrogen-bond acceptors (Lipinski definition) is 0. The predicted octanol–water partition coefficient (Wildman–Crippen LogP) is 7.99. The Morgan fingerprint density at radius 3 is 2.50 bits per heavy atom. The van der Waals surface area contributed by atoms with Crippen LogP contribution in [0.3, 0.4) is 0 Å². The molecule has 0 aliphatic heterocycles. The molecule has 0 bridgehead atoms. The van der Waals surface area contributed by atoms with Gasteiger partial charge in [-0.2, -0.15) is 0 Å². The van der Waals surface area contributed by atoms with E-state index in [0.29, 0.717) is 5.56 Å². The van der Waals surface area contributed by atoms with Crippen LogP contribution in [0.1, 0.15) is 50.2 Å². The van der Waals surface area contributed by atoms with Crippen LogP contribution in [0.15, 0.2) is 54.6 Å². The van der Waals surface area contributed by atoms with Crippen LogP contribution in [0, 0.1) is 18.7 Å². The maximum Gasteiger partial charge on any atom is 0.149 e. The molecule has 2 aromatic carbocycles. The van der Waals surface area contributed by atoms with Crippen molar-refractivity contribution in [1.29, 1.82) is 0 Å². The van der Waals surface area contributed by atoms with Gasteiger partial charge in [0.2, 0.25) is 0 Å². The Bertz CT molecular complexity index is 815. The molecule has 2 heteroatoms. The molecule has 3 rings (SSSR count). The quantitative estimate of drug-likeness (QED) is 0.469. The summed E-state index contributed by atoms with van der Waals surface area (Å²) in [6, 6.07) is 11.9. The fourth-order valence-corrected chi connectivity index (χ4v) is 3.81. The normalized spacial score (nSPS) is 17.5. The average Bonchev–Trinajstić information content (AvgIpc) is 2.67. The van der Waals surface area contributed by atoms with Gasteiger partial charge in [0.15, 0.2) is 0 Å². The molecule has 0 heterocycles. The van der Waals surface area contributed by atoms with Crippen molar-refractivity contribution in [3.8, 4) is 11.1 Å². The molecular formula is C24H26ClF. The summed E-state index contributed by atoms with van der Waals surface area (Å²) in [7, 11) is 0. The van der Waals surface area contributed by atoms with E-state index in [0.717, 1.165) is 29.9 Å². The second-order valence-corrected chi connectivity index (χ2v) is 7.53. The van der Waals surface area contributed by atoms with Gasteiger partial charge in [-0.05, 0) is 74.1 Å². The van der Waals surface area contributed by atoms with Crippen LogP contribution in [0.25, 0.3) is 16.7 Å². The highest BCUT2D eigenvalue weighted by molar-refractivity contribution is 6.31. The molecule has 136 valence electrons. The van der Waals surface area contributed by atoms with E-state index in [1.165, 1.54) is 30.4 Å². The van der Waals surface area contributed by atoms with Gasteiger partial charge in [0, 0.05) is 5.56 Å². The summed E-state index contributed by atoms with van der Waals surface area (Å²) in [6.07, 6.45) is 12.8. The summed E-state index contributed by atoms with van der Waals surface area (Å²) in [4.78, 5) is 0. The molecule has 26 heavy (non-hydrogen) atoms. The van der Waals surface area contributed by atoms with Crippen LogP contribution < -0.4 is 0 Å². The monoisotopic (exact) mass is 368 g/mol. The van der Waals surface area contributed by atoms with Gasteiger partial charge >= 0.3 is 0 Å². The van der Waals surface area contributed by atoms with E-state index in [4.69, 9.17) is 11.6 Å². The van der Waals surface area contributed by atoms with Crippen LogP contribution in [0.5, 0.6) is 0 Å². The van der Waals surface area contributed by atoms with Crippen molar-refractivity contribution in [3.05, 3.63) is 76.6 Å². The first-order valence-electron chi connectivity index (χ1n) is 9.45. The van der Waals surface area contributed by atoms with E-state index < -0.39 is 0 Å². The van der Waals surface area contributed by atoms with E-state index >= 15 is 0 Å². The van der Waals surface area contributed by atoms with Crippen molar-refractivity contribution in [2.75, 3.05) is 0 Å². The van der Waals surface area contributed by atoms with Crippen molar-refractivity contribution in [2.45, 2.75) is 46.0 Å². The number of halogens is 2. The summed E-state index contributed by atoms with van der Waals surface area (Å²) in [5, 5.41) is 0.213. The van der Waals surface area contributed by atoms with Crippen molar-refractivity contribution < 1.29 is 4.39 Å². The highest BCUT2D eigenvalue weighted by Crippen LogP contribution is 2.34. The average molecular weight is 369 g/mol. The lowest BCUT2D eigenvalue weighted by Crippen LogP contribution is -2.05. The van der Waals surface area contributed by atoms with Gasteiger partial charge in [0.05, 0.1) is 5.02 Å². The molecule has 1 aliphatic rings. The van der Waals surface area contributed by atoms with E-state index in [1.54, 1.807) is 6.07 Å². The summed E-state index contributed by atoms with van der Waals surface area (Å²) >= 11 is 6.06. The Morgan fingerprint density at radius 2 is 1.85 bits per heavy atom. The smallest absolute Gasteiger partial charge is 0.149 e. The zero-order chi connectivity index (χ0) is 18.5. The Hall–Kier alpha value is -1.86.